The van der Waals surface area contributed by atoms with Crippen molar-refractivity contribution >= 4 is 21.9 Å². The largest absolute Gasteiger partial charge is 0.490 e. The molecule has 2 aromatic carbocycles. The number of ether oxygens (including phenoxy) is 2. The predicted molar refractivity (Wildman–Crippen MR) is 99.0 cm³/mol. The van der Waals surface area contributed by atoms with Gasteiger partial charge in [-0.2, -0.15) is 0 Å². The van der Waals surface area contributed by atoms with Gasteiger partial charge in [-0.1, -0.05) is 17.3 Å². The standard InChI is InChI=1S/C20H16BrNO4/c1-12-8-14-9-13(6-7-18(14)25-12)19-10-15(22-26-19)11-24-20(23)16-4-2-3-5-17(16)21/h2-7,9-10,12H,8,11H2,1H3. The fraction of sp³-hybridized carbons (Fsp3) is 0.200. The van der Waals surface area contributed by atoms with Gasteiger partial charge in [0.25, 0.3) is 0 Å². The topological polar surface area (TPSA) is 61.6 Å². The van der Waals surface area contributed by atoms with Crippen molar-refractivity contribution in [2.24, 2.45) is 0 Å². The van der Waals surface area contributed by atoms with Gasteiger partial charge >= 0.3 is 5.97 Å². The highest BCUT2D eigenvalue weighted by atomic mass is 79.9. The smallest absolute Gasteiger partial charge is 0.339 e. The first-order valence-corrected chi connectivity index (χ1v) is 9.06. The molecule has 0 N–H and O–H groups in total. The van der Waals surface area contributed by atoms with E-state index in [9.17, 15) is 4.79 Å². The lowest BCUT2D eigenvalue weighted by atomic mass is 10.1. The fourth-order valence-electron chi connectivity index (χ4n) is 2.94. The van der Waals surface area contributed by atoms with Crippen LogP contribution in [0.25, 0.3) is 11.3 Å². The average Bonchev–Trinajstić information content (AvgIpc) is 3.24. The molecule has 1 aliphatic rings. The Morgan fingerprint density at radius 1 is 1.27 bits per heavy atom. The van der Waals surface area contributed by atoms with Gasteiger partial charge in [0.15, 0.2) is 5.76 Å². The molecule has 26 heavy (non-hydrogen) atoms. The molecule has 1 aromatic heterocycles. The molecule has 4 rings (SSSR count). The first-order chi connectivity index (χ1) is 12.6. The summed E-state index contributed by atoms with van der Waals surface area (Å²) >= 11 is 3.34. The van der Waals surface area contributed by atoms with Crippen molar-refractivity contribution < 1.29 is 18.8 Å². The van der Waals surface area contributed by atoms with E-state index in [4.69, 9.17) is 14.0 Å². The minimum Gasteiger partial charge on any atom is -0.490 e. The van der Waals surface area contributed by atoms with Crippen LogP contribution >= 0.6 is 15.9 Å². The third-order valence-corrected chi connectivity index (χ3v) is 4.88. The highest BCUT2D eigenvalue weighted by Crippen LogP contribution is 2.33. The van der Waals surface area contributed by atoms with E-state index in [2.05, 4.69) is 27.2 Å². The van der Waals surface area contributed by atoms with Crippen LogP contribution in [0.1, 0.15) is 28.5 Å². The molecule has 0 saturated carbocycles. The van der Waals surface area contributed by atoms with Gasteiger partial charge in [0, 0.05) is 22.5 Å². The van der Waals surface area contributed by atoms with Crippen molar-refractivity contribution in [3.8, 4) is 17.1 Å². The molecule has 0 aliphatic carbocycles. The van der Waals surface area contributed by atoms with Gasteiger partial charge in [0.1, 0.15) is 24.2 Å². The molecule has 1 aliphatic heterocycles. The molecule has 0 radical (unpaired) electrons. The van der Waals surface area contributed by atoms with E-state index in [-0.39, 0.29) is 12.7 Å². The lowest BCUT2D eigenvalue weighted by Crippen LogP contribution is -2.06. The van der Waals surface area contributed by atoms with Gasteiger partial charge in [-0.05, 0) is 58.7 Å². The van der Waals surface area contributed by atoms with Gasteiger partial charge < -0.3 is 14.0 Å². The van der Waals surface area contributed by atoms with Crippen LogP contribution in [0.2, 0.25) is 0 Å². The number of fused-ring (bicyclic) bond motifs is 1. The molecule has 132 valence electrons. The Balaban J connectivity index is 1.45. The van der Waals surface area contributed by atoms with Gasteiger partial charge in [-0.15, -0.1) is 0 Å². The number of rotatable bonds is 4. The minimum atomic E-state index is -0.411. The number of carbonyl (C=O) groups is 1. The maximum atomic E-state index is 12.1. The first kappa shape index (κ1) is 16.8. The number of nitrogens with zero attached hydrogens (tertiary/aromatic N) is 1. The monoisotopic (exact) mass is 413 g/mol. The highest BCUT2D eigenvalue weighted by Gasteiger charge is 2.20. The summed E-state index contributed by atoms with van der Waals surface area (Å²) in [7, 11) is 0. The Labute approximate surface area is 159 Å². The summed E-state index contributed by atoms with van der Waals surface area (Å²) in [5, 5.41) is 3.99. The second-order valence-electron chi connectivity index (χ2n) is 6.19. The highest BCUT2D eigenvalue weighted by molar-refractivity contribution is 9.10. The van der Waals surface area contributed by atoms with Crippen LogP contribution in [0.15, 0.2) is 57.5 Å². The molecule has 0 fully saturated rings. The number of aromatic nitrogens is 1. The molecule has 0 spiro atoms. The molecular weight excluding hydrogens is 398 g/mol. The van der Waals surface area contributed by atoms with E-state index < -0.39 is 5.97 Å². The van der Waals surface area contributed by atoms with Crippen molar-refractivity contribution in [2.45, 2.75) is 26.1 Å². The van der Waals surface area contributed by atoms with Gasteiger partial charge in [0.2, 0.25) is 0 Å². The maximum absolute atomic E-state index is 12.1. The van der Waals surface area contributed by atoms with Crippen LogP contribution in [-0.4, -0.2) is 17.2 Å². The summed E-state index contributed by atoms with van der Waals surface area (Å²) in [6.07, 6.45) is 1.08. The average molecular weight is 414 g/mol. The second-order valence-corrected chi connectivity index (χ2v) is 7.05. The molecule has 1 unspecified atom stereocenters. The molecule has 0 saturated heterocycles. The molecule has 3 aromatic rings. The van der Waals surface area contributed by atoms with Crippen LogP contribution in [0.4, 0.5) is 0 Å². The van der Waals surface area contributed by atoms with Crippen LogP contribution in [0.3, 0.4) is 0 Å². The summed E-state index contributed by atoms with van der Waals surface area (Å²) in [5.41, 5.74) is 3.13. The lowest BCUT2D eigenvalue weighted by Gasteiger charge is -2.04. The Bertz CT molecular complexity index is 966. The van der Waals surface area contributed by atoms with Gasteiger partial charge in [0.05, 0.1) is 5.56 Å². The summed E-state index contributed by atoms with van der Waals surface area (Å²) in [5.74, 6) is 1.15. The summed E-state index contributed by atoms with van der Waals surface area (Å²) < 4.78 is 17.1. The van der Waals surface area contributed by atoms with Crippen LogP contribution in [0.5, 0.6) is 5.75 Å². The van der Waals surface area contributed by atoms with E-state index >= 15 is 0 Å². The van der Waals surface area contributed by atoms with Crippen molar-refractivity contribution in [1.82, 2.24) is 5.16 Å². The summed E-state index contributed by atoms with van der Waals surface area (Å²) in [4.78, 5) is 12.1. The van der Waals surface area contributed by atoms with Gasteiger partial charge in [-0.3, -0.25) is 0 Å². The number of benzene rings is 2. The molecule has 0 amide bonds. The Hall–Kier alpha value is -2.60. The Morgan fingerprint density at radius 3 is 2.96 bits per heavy atom. The van der Waals surface area contributed by atoms with E-state index in [1.54, 1.807) is 24.3 Å². The Morgan fingerprint density at radius 2 is 2.12 bits per heavy atom. The number of carbonyl (C=O) groups excluding carboxylic acids is 1. The maximum Gasteiger partial charge on any atom is 0.339 e. The number of hydrogen-bond acceptors (Lipinski definition) is 5. The second kappa shape index (κ2) is 6.96. The van der Waals surface area contributed by atoms with Crippen molar-refractivity contribution in [1.29, 1.82) is 0 Å². The Kier molecular flexibility index (Phi) is 4.51. The molecule has 5 nitrogen and oxygen atoms in total. The number of hydrogen-bond donors (Lipinski definition) is 0. The van der Waals surface area contributed by atoms with Crippen molar-refractivity contribution in [3.05, 3.63) is 69.8 Å². The fourth-order valence-corrected chi connectivity index (χ4v) is 3.38. The molecule has 6 heteroatoms. The van der Waals surface area contributed by atoms with Crippen LogP contribution in [-0.2, 0) is 17.8 Å². The third-order valence-electron chi connectivity index (χ3n) is 4.18. The SMILES string of the molecule is CC1Cc2cc(-c3cc(COC(=O)c4ccccc4Br)no3)ccc2O1. The van der Waals surface area contributed by atoms with Crippen LogP contribution in [0, 0.1) is 0 Å². The van der Waals surface area contributed by atoms with Crippen LogP contribution < -0.4 is 4.74 Å². The van der Waals surface area contributed by atoms with Crippen molar-refractivity contribution in [2.75, 3.05) is 0 Å². The minimum absolute atomic E-state index is 0.0504. The normalized spacial score (nSPS) is 15.4. The van der Waals surface area contributed by atoms with E-state index in [1.165, 1.54) is 0 Å². The van der Waals surface area contributed by atoms with E-state index in [0.29, 0.717) is 21.5 Å². The van der Waals surface area contributed by atoms with Gasteiger partial charge in [-0.25, -0.2) is 4.79 Å². The summed E-state index contributed by atoms with van der Waals surface area (Å²) in [6.45, 7) is 2.10. The summed E-state index contributed by atoms with van der Waals surface area (Å²) in [6, 6.07) is 14.8. The quantitative estimate of drug-likeness (QED) is 0.575. The molecule has 2 heterocycles. The molecular formula is C20H16BrNO4. The third kappa shape index (κ3) is 3.37. The predicted octanol–water partition coefficient (Wildman–Crippen LogP) is 4.78. The van der Waals surface area contributed by atoms with E-state index in [1.807, 2.05) is 25.1 Å². The lowest BCUT2D eigenvalue weighted by molar-refractivity contribution is 0.0463. The molecule has 1 atom stereocenters. The zero-order valence-corrected chi connectivity index (χ0v) is 15.7. The number of esters is 1. The zero-order chi connectivity index (χ0) is 18.1. The zero-order valence-electron chi connectivity index (χ0n) is 14.1. The molecule has 0 bridgehead atoms. The first-order valence-electron chi connectivity index (χ1n) is 8.27. The number of halogens is 1. The van der Waals surface area contributed by atoms with Crippen molar-refractivity contribution in [3.63, 3.8) is 0 Å². The van der Waals surface area contributed by atoms with E-state index in [0.717, 1.165) is 23.3 Å².